The van der Waals surface area contributed by atoms with E-state index in [1.54, 1.807) is 0 Å². The summed E-state index contributed by atoms with van der Waals surface area (Å²) in [5, 5.41) is 0. The van der Waals surface area contributed by atoms with E-state index in [0.29, 0.717) is 0 Å². The fourth-order valence-corrected chi connectivity index (χ4v) is 0. The molecule has 0 aromatic carbocycles. The third-order valence-electron chi connectivity index (χ3n) is 0. The summed E-state index contributed by atoms with van der Waals surface area (Å²) in [6, 6.07) is 0. The molecule has 0 aromatic heterocycles. The molecule has 70 valence electrons. The molecule has 0 bridgehead atoms. The average Bonchev–Trinajstić information content (AvgIpc) is 1.99. The Labute approximate surface area is 71.3 Å². The third kappa shape index (κ3) is 597. The fraction of sp³-hybridized carbons (Fsp3) is 0.667. The van der Waals surface area contributed by atoms with Gasteiger partial charge in [0.25, 0.3) is 0 Å². The maximum Gasteiger partial charge on any atom is 0.373 e. The fourth-order valence-electron chi connectivity index (χ4n) is 0. The molecule has 0 spiro atoms. The standard InChI is InChI=1S/C3H8.C2H6.C2H4.CO2.CH4/c1-3-2;2*1-2;2-1-3;/h3H2,1-2H3;1-2H3;1-2H2;;1H4. The zero-order chi connectivity index (χ0) is 9.41. The number of hydrogen-bond acceptors (Lipinski definition) is 2. The maximum absolute atomic E-state index is 8.12. The minimum absolute atomic E-state index is 0. The summed E-state index contributed by atoms with van der Waals surface area (Å²) in [6.45, 7) is 14.2. The Morgan fingerprint density at radius 3 is 1.09 bits per heavy atom. The molecule has 0 aromatic rings. The van der Waals surface area contributed by atoms with E-state index in [1.165, 1.54) is 6.42 Å². The summed E-state index contributed by atoms with van der Waals surface area (Å²) in [4.78, 5) is 16.2. The first-order chi connectivity index (χ1) is 4.83. The Morgan fingerprint density at radius 1 is 1.09 bits per heavy atom. The van der Waals surface area contributed by atoms with Crippen LogP contribution in [0.5, 0.6) is 0 Å². The molecule has 0 fully saturated rings. The lowest BCUT2D eigenvalue weighted by atomic mass is 10.6. The second kappa shape index (κ2) is 479. The van der Waals surface area contributed by atoms with Crippen molar-refractivity contribution in [2.75, 3.05) is 0 Å². The van der Waals surface area contributed by atoms with Gasteiger partial charge in [-0.05, 0) is 0 Å². The Kier molecular flexibility index (Phi) is 1400. The molecule has 0 amide bonds. The number of rotatable bonds is 0. The van der Waals surface area contributed by atoms with Crippen molar-refractivity contribution >= 4 is 6.15 Å². The van der Waals surface area contributed by atoms with Crippen molar-refractivity contribution in [3.63, 3.8) is 0 Å². The molecule has 0 saturated heterocycles. The van der Waals surface area contributed by atoms with Gasteiger partial charge in [-0.15, -0.1) is 13.2 Å². The molecule has 0 heterocycles. The van der Waals surface area contributed by atoms with E-state index in [2.05, 4.69) is 27.0 Å². The van der Waals surface area contributed by atoms with Gasteiger partial charge in [-0.2, -0.15) is 9.59 Å². The first-order valence-electron chi connectivity index (χ1n) is 3.32. The molecule has 0 saturated carbocycles. The smallest absolute Gasteiger partial charge is 0.186 e. The van der Waals surface area contributed by atoms with Crippen LogP contribution >= 0.6 is 0 Å². The predicted octanol–water partition coefficient (Wildman–Crippen LogP) is 3.30. The Morgan fingerprint density at radius 2 is 1.09 bits per heavy atom. The SMILES string of the molecule is C.C=C.CC.CCC.O=C=O. The zero-order valence-electron chi connectivity index (χ0n) is 7.44. The lowest BCUT2D eigenvalue weighted by molar-refractivity contribution is -0.191. The quantitative estimate of drug-likeness (QED) is 0.512. The molecule has 2 heteroatoms. The molecular formula is C9H22O2. The molecule has 11 heavy (non-hydrogen) atoms. The van der Waals surface area contributed by atoms with Crippen LogP contribution in [0.15, 0.2) is 13.2 Å². The first kappa shape index (κ1) is 32.1. The zero-order valence-corrected chi connectivity index (χ0v) is 7.44. The summed E-state index contributed by atoms with van der Waals surface area (Å²) < 4.78 is 0. The highest BCUT2D eigenvalue weighted by Crippen LogP contribution is 1.56. The van der Waals surface area contributed by atoms with E-state index < -0.39 is 0 Å². The van der Waals surface area contributed by atoms with Gasteiger partial charge in [-0.1, -0.05) is 41.5 Å². The highest BCUT2D eigenvalue weighted by atomic mass is 16.2. The van der Waals surface area contributed by atoms with Crippen LogP contribution in [0.2, 0.25) is 0 Å². The van der Waals surface area contributed by atoms with Gasteiger partial charge in [-0.3, -0.25) is 0 Å². The van der Waals surface area contributed by atoms with E-state index in [1.807, 2.05) is 13.8 Å². The Hall–Kier alpha value is -0.880. The van der Waals surface area contributed by atoms with Crippen LogP contribution < -0.4 is 0 Å². The molecule has 0 aliphatic carbocycles. The predicted molar refractivity (Wildman–Crippen MR) is 50.3 cm³/mol. The summed E-state index contributed by atoms with van der Waals surface area (Å²) in [7, 11) is 0. The van der Waals surface area contributed by atoms with E-state index in [9.17, 15) is 0 Å². The van der Waals surface area contributed by atoms with Crippen molar-refractivity contribution < 1.29 is 9.59 Å². The summed E-state index contributed by atoms with van der Waals surface area (Å²) in [5.41, 5.74) is 0. The van der Waals surface area contributed by atoms with Crippen LogP contribution in [0.1, 0.15) is 41.5 Å². The maximum atomic E-state index is 8.12. The van der Waals surface area contributed by atoms with Crippen LogP contribution in [0, 0.1) is 0 Å². The molecule has 0 rings (SSSR count). The van der Waals surface area contributed by atoms with Crippen molar-refractivity contribution in [2.24, 2.45) is 0 Å². The van der Waals surface area contributed by atoms with Gasteiger partial charge >= 0.3 is 6.15 Å². The lowest BCUT2D eigenvalue weighted by Gasteiger charge is -1.48. The van der Waals surface area contributed by atoms with E-state index in [0.717, 1.165) is 0 Å². The lowest BCUT2D eigenvalue weighted by Crippen LogP contribution is -1.27. The highest BCUT2D eigenvalue weighted by Gasteiger charge is 1.35. The topological polar surface area (TPSA) is 34.1 Å². The minimum Gasteiger partial charge on any atom is -0.186 e. The molecule has 0 N–H and O–H groups in total. The van der Waals surface area contributed by atoms with Crippen LogP contribution in [0.3, 0.4) is 0 Å². The molecule has 0 aliphatic rings. The number of hydrogen-bond donors (Lipinski definition) is 0. The van der Waals surface area contributed by atoms with Gasteiger partial charge in [0.1, 0.15) is 0 Å². The molecule has 2 nitrogen and oxygen atoms in total. The molecular weight excluding hydrogens is 140 g/mol. The highest BCUT2D eigenvalue weighted by molar-refractivity contribution is 5.20. The largest absolute Gasteiger partial charge is 0.373 e. The van der Waals surface area contributed by atoms with Crippen LogP contribution in [0.4, 0.5) is 0 Å². The third-order valence-corrected chi connectivity index (χ3v) is 0. The van der Waals surface area contributed by atoms with Crippen molar-refractivity contribution in [3.8, 4) is 0 Å². The van der Waals surface area contributed by atoms with E-state index >= 15 is 0 Å². The van der Waals surface area contributed by atoms with Gasteiger partial charge in [-0.25, -0.2) is 0 Å². The monoisotopic (exact) mass is 162 g/mol. The summed E-state index contributed by atoms with van der Waals surface area (Å²) in [5.74, 6) is 0. The van der Waals surface area contributed by atoms with E-state index in [4.69, 9.17) is 9.59 Å². The van der Waals surface area contributed by atoms with Crippen molar-refractivity contribution in [3.05, 3.63) is 13.2 Å². The normalized spacial score (nSPS) is 3.27. The van der Waals surface area contributed by atoms with Crippen LogP contribution in [0.25, 0.3) is 0 Å². The Bertz CT molecular complexity index is 45.5. The van der Waals surface area contributed by atoms with Crippen molar-refractivity contribution in [1.29, 1.82) is 0 Å². The van der Waals surface area contributed by atoms with Gasteiger partial charge in [0.05, 0.1) is 0 Å². The van der Waals surface area contributed by atoms with Crippen molar-refractivity contribution in [1.82, 2.24) is 0 Å². The van der Waals surface area contributed by atoms with Gasteiger partial charge in [0.2, 0.25) is 0 Å². The van der Waals surface area contributed by atoms with Gasteiger partial charge in [0, 0.05) is 0 Å². The first-order valence-corrected chi connectivity index (χ1v) is 3.32. The van der Waals surface area contributed by atoms with Crippen LogP contribution in [-0.4, -0.2) is 6.15 Å². The van der Waals surface area contributed by atoms with Gasteiger partial charge in [0.15, 0.2) is 0 Å². The second-order valence-corrected chi connectivity index (χ2v) is 0.790. The molecule has 0 radical (unpaired) electrons. The summed E-state index contributed by atoms with van der Waals surface area (Å²) >= 11 is 0. The Balaban J connectivity index is -0.0000000144. The average molecular weight is 162 g/mol. The van der Waals surface area contributed by atoms with Gasteiger partial charge < -0.3 is 0 Å². The van der Waals surface area contributed by atoms with E-state index in [-0.39, 0.29) is 13.6 Å². The van der Waals surface area contributed by atoms with Crippen molar-refractivity contribution in [2.45, 2.75) is 41.5 Å². The molecule has 0 aliphatic heterocycles. The second-order valence-electron chi connectivity index (χ2n) is 0.790. The minimum atomic E-state index is 0. The molecule has 0 unspecified atom stereocenters. The van der Waals surface area contributed by atoms with Crippen LogP contribution in [-0.2, 0) is 9.59 Å². The number of carbonyl (C=O) groups excluding carboxylic acids is 2. The summed E-state index contributed by atoms with van der Waals surface area (Å²) in [6.07, 6.45) is 1.50. The molecule has 0 atom stereocenters.